The third-order valence-corrected chi connectivity index (χ3v) is 8.63. The van der Waals surface area contributed by atoms with Crippen LogP contribution in [0.2, 0.25) is 0 Å². The summed E-state index contributed by atoms with van der Waals surface area (Å²) >= 11 is 1.89. The molecule has 1 aromatic heterocycles. The Bertz CT molecular complexity index is 1990. The highest BCUT2D eigenvalue weighted by molar-refractivity contribution is 8.01. The van der Waals surface area contributed by atoms with Gasteiger partial charge in [0.05, 0.1) is 0 Å². The smallest absolute Gasteiger partial charge is 0.143 e. The van der Waals surface area contributed by atoms with Crippen LogP contribution in [-0.4, -0.2) is 5.37 Å². The van der Waals surface area contributed by atoms with Crippen LogP contribution in [0.5, 0.6) is 0 Å². The SMILES string of the molecule is C1=CC=C(C2Nc3ccc4cc(-c5cccc(-c6cccc7c6oc6ccccc67)c5)ccc4c3S2)C=1. The van der Waals surface area contributed by atoms with Crippen LogP contribution >= 0.6 is 11.8 Å². The van der Waals surface area contributed by atoms with Gasteiger partial charge in [0, 0.05) is 26.9 Å². The third kappa shape index (κ3) is 3.29. The Balaban J connectivity index is 1.19. The minimum Gasteiger partial charge on any atom is -0.455 e. The number of nitrogens with one attached hydrogen (secondary N) is 1. The van der Waals surface area contributed by atoms with Gasteiger partial charge in [0.15, 0.2) is 0 Å². The Morgan fingerprint density at radius 3 is 2.54 bits per heavy atom. The molecular formula is C34H21NOS. The molecule has 1 aliphatic heterocycles. The van der Waals surface area contributed by atoms with Gasteiger partial charge in [0.2, 0.25) is 0 Å². The zero-order chi connectivity index (χ0) is 24.3. The predicted molar refractivity (Wildman–Crippen MR) is 156 cm³/mol. The van der Waals surface area contributed by atoms with Gasteiger partial charge in [-0.2, -0.15) is 0 Å². The second-order valence-corrected chi connectivity index (χ2v) is 10.6. The van der Waals surface area contributed by atoms with Crippen LogP contribution in [0.1, 0.15) is 0 Å². The number of allylic oxidation sites excluding steroid dienone is 1. The molecule has 3 heteroatoms. The molecule has 1 aliphatic carbocycles. The van der Waals surface area contributed by atoms with Crippen molar-refractivity contribution in [1.29, 1.82) is 0 Å². The molecule has 1 atom stereocenters. The zero-order valence-corrected chi connectivity index (χ0v) is 20.7. The van der Waals surface area contributed by atoms with Crippen LogP contribution < -0.4 is 5.32 Å². The highest BCUT2D eigenvalue weighted by Crippen LogP contribution is 2.46. The molecule has 6 aromatic rings. The van der Waals surface area contributed by atoms with E-state index >= 15 is 0 Å². The molecule has 37 heavy (non-hydrogen) atoms. The first-order chi connectivity index (χ1) is 18.3. The number of para-hydroxylation sites is 2. The Morgan fingerprint density at radius 2 is 1.59 bits per heavy atom. The van der Waals surface area contributed by atoms with Crippen molar-refractivity contribution < 1.29 is 4.42 Å². The zero-order valence-electron chi connectivity index (χ0n) is 19.9. The fourth-order valence-electron chi connectivity index (χ4n) is 5.50. The first-order valence-corrected chi connectivity index (χ1v) is 13.3. The largest absolute Gasteiger partial charge is 0.455 e. The highest BCUT2D eigenvalue weighted by Gasteiger charge is 2.25. The lowest BCUT2D eigenvalue weighted by molar-refractivity contribution is 0.670. The number of furan rings is 1. The van der Waals surface area contributed by atoms with E-state index in [-0.39, 0.29) is 5.37 Å². The van der Waals surface area contributed by atoms with Crippen molar-refractivity contribution in [2.24, 2.45) is 0 Å². The molecule has 2 aliphatic rings. The van der Waals surface area contributed by atoms with Crippen molar-refractivity contribution in [3.63, 3.8) is 0 Å². The normalized spacial score (nSPS) is 16.0. The molecule has 8 rings (SSSR count). The molecule has 2 nitrogen and oxygen atoms in total. The van der Waals surface area contributed by atoms with E-state index in [1.54, 1.807) is 0 Å². The standard InChI is InChI=1S/C34H21NOS/c1-2-8-21(7-1)34-35-30-18-16-25-20-23(15-17-27(25)33(30)37-34)22-9-5-10-24(19-22)26-12-6-13-29-28-11-3-4-14-31(28)36-32(26)29/h1,3-20,34-35H. The second-order valence-electron chi connectivity index (χ2n) is 9.53. The number of hydrogen-bond donors (Lipinski definition) is 1. The molecule has 1 N–H and O–H groups in total. The number of hydrogen-bond acceptors (Lipinski definition) is 3. The summed E-state index contributed by atoms with van der Waals surface area (Å²) in [5, 5.41) is 8.76. The van der Waals surface area contributed by atoms with Crippen LogP contribution in [0.15, 0.2) is 136 Å². The van der Waals surface area contributed by atoms with Crippen LogP contribution in [0.3, 0.4) is 0 Å². The average Bonchev–Trinajstić information content (AvgIpc) is 3.71. The number of anilines is 1. The van der Waals surface area contributed by atoms with E-state index in [4.69, 9.17) is 4.42 Å². The molecule has 174 valence electrons. The van der Waals surface area contributed by atoms with E-state index in [9.17, 15) is 0 Å². The summed E-state index contributed by atoms with van der Waals surface area (Å²) in [4.78, 5) is 1.32. The summed E-state index contributed by atoms with van der Waals surface area (Å²) < 4.78 is 6.31. The maximum Gasteiger partial charge on any atom is 0.143 e. The average molecular weight is 492 g/mol. The van der Waals surface area contributed by atoms with Crippen molar-refractivity contribution in [3.05, 3.63) is 127 Å². The maximum absolute atomic E-state index is 6.31. The van der Waals surface area contributed by atoms with Gasteiger partial charge in [0.1, 0.15) is 16.5 Å². The Labute approximate surface area is 218 Å². The van der Waals surface area contributed by atoms with Gasteiger partial charge in [-0.25, -0.2) is 0 Å². The molecule has 0 fully saturated rings. The predicted octanol–water partition coefficient (Wildman–Crippen LogP) is 9.57. The van der Waals surface area contributed by atoms with E-state index in [0.717, 1.165) is 33.1 Å². The molecule has 0 spiro atoms. The van der Waals surface area contributed by atoms with Crippen LogP contribution in [0, 0.1) is 0 Å². The minimum absolute atomic E-state index is 0.240. The van der Waals surface area contributed by atoms with Gasteiger partial charge in [0.25, 0.3) is 0 Å². The molecule has 0 radical (unpaired) electrons. The second kappa shape index (κ2) is 8.04. The molecule has 0 saturated carbocycles. The lowest BCUT2D eigenvalue weighted by atomic mass is 9.96. The van der Waals surface area contributed by atoms with Crippen molar-refractivity contribution in [2.75, 3.05) is 5.32 Å². The molecule has 0 bridgehead atoms. The number of thioether (sulfide) groups is 1. The van der Waals surface area contributed by atoms with Crippen molar-refractivity contribution in [2.45, 2.75) is 10.3 Å². The number of rotatable bonds is 3. The lowest BCUT2D eigenvalue weighted by Gasteiger charge is -2.09. The summed E-state index contributed by atoms with van der Waals surface area (Å²) in [6.07, 6.45) is 6.18. The van der Waals surface area contributed by atoms with Gasteiger partial charge in [-0.1, -0.05) is 84.6 Å². The maximum atomic E-state index is 6.31. The van der Waals surface area contributed by atoms with E-state index < -0.39 is 0 Å². The minimum atomic E-state index is 0.240. The monoisotopic (exact) mass is 491 g/mol. The quantitative estimate of drug-likeness (QED) is 0.250. The van der Waals surface area contributed by atoms with Gasteiger partial charge in [-0.15, -0.1) is 5.73 Å². The van der Waals surface area contributed by atoms with Gasteiger partial charge < -0.3 is 9.73 Å². The fourth-order valence-corrected chi connectivity index (χ4v) is 6.77. The third-order valence-electron chi connectivity index (χ3n) is 7.33. The van der Waals surface area contributed by atoms with Gasteiger partial charge >= 0.3 is 0 Å². The van der Waals surface area contributed by atoms with Crippen molar-refractivity contribution in [1.82, 2.24) is 0 Å². The molecule has 0 saturated heterocycles. The molecule has 2 heterocycles. The van der Waals surface area contributed by atoms with Crippen LogP contribution in [0.4, 0.5) is 5.69 Å². The Kier molecular flexibility index (Phi) is 4.51. The molecule has 0 amide bonds. The van der Waals surface area contributed by atoms with E-state index in [0.29, 0.717) is 0 Å². The van der Waals surface area contributed by atoms with Crippen LogP contribution in [-0.2, 0) is 0 Å². The molecule has 5 aromatic carbocycles. The summed E-state index contributed by atoms with van der Waals surface area (Å²) in [5.74, 6) is 0. The summed E-state index contributed by atoms with van der Waals surface area (Å²) in [7, 11) is 0. The summed E-state index contributed by atoms with van der Waals surface area (Å²) in [6, 6.07) is 34.7. The Morgan fingerprint density at radius 1 is 0.730 bits per heavy atom. The Hall–Kier alpha value is -4.43. The van der Waals surface area contributed by atoms with Crippen molar-refractivity contribution in [3.8, 4) is 22.3 Å². The highest BCUT2D eigenvalue weighted by atomic mass is 32.2. The van der Waals surface area contributed by atoms with E-state index in [2.05, 4.69) is 108 Å². The molecule has 1 unspecified atom stereocenters. The summed E-state index contributed by atoms with van der Waals surface area (Å²) in [6.45, 7) is 0. The van der Waals surface area contributed by atoms with E-state index in [1.807, 2.05) is 30.0 Å². The number of fused-ring (bicyclic) bond motifs is 6. The molecular weight excluding hydrogens is 470 g/mol. The summed E-state index contributed by atoms with van der Waals surface area (Å²) in [5.41, 5.74) is 12.2. The van der Waals surface area contributed by atoms with Gasteiger partial charge in [-0.3, -0.25) is 0 Å². The first kappa shape index (κ1) is 20.7. The van der Waals surface area contributed by atoms with Crippen molar-refractivity contribution >= 4 is 50.2 Å². The topological polar surface area (TPSA) is 25.2 Å². The number of benzene rings is 5. The van der Waals surface area contributed by atoms with E-state index in [1.165, 1.54) is 38.1 Å². The fraction of sp³-hybridized carbons (Fsp3) is 0.0294. The van der Waals surface area contributed by atoms with Gasteiger partial charge in [-0.05, 0) is 75.5 Å². The first-order valence-electron chi connectivity index (χ1n) is 12.5. The lowest BCUT2D eigenvalue weighted by Crippen LogP contribution is -2.10. The van der Waals surface area contributed by atoms with Crippen LogP contribution in [0.25, 0.3) is 55.0 Å².